The first kappa shape index (κ1) is 15.3. The summed E-state index contributed by atoms with van der Waals surface area (Å²) in [4.78, 5) is 2.63. The zero-order valence-corrected chi connectivity index (χ0v) is 13.0. The lowest BCUT2D eigenvalue weighted by Crippen LogP contribution is -2.57. The molecule has 2 rings (SSSR count). The highest BCUT2D eigenvalue weighted by atomic mass is 16.5. The van der Waals surface area contributed by atoms with Crippen LogP contribution < -0.4 is 5.32 Å². The molecule has 4 atom stereocenters. The first-order chi connectivity index (χ1) is 9.22. The molecule has 3 heteroatoms. The number of nitrogens with zero attached hydrogens (tertiary/aromatic N) is 1. The van der Waals surface area contributed by atoms with Crippen LogP contribution in [0.1, 0.15) is 52.4 Å². The van der Waals surface area contributed by atoms with Crippen molar-refractivity contribution in [1.82, 2.24) is 10.2 Å². The van der Waals surface area contributed by atoms with E-state index in [9.17, 15) is 0 Å². The van der Waals surface area contributed by atoms with Gasteiger partial charge in [0.15, 0.2) is 0 Å². The molecule has 0 bridgehead atoms. The number of hydrogen-bond donors (Lipinski definition) is 1. The molecule has 2 aliphatic rings. The fraction of sp³-hybridized carbons (Fsp3) is 1.00. The van der Waals surface area contributed by atoms with Crippen LogP contribution in [0.5, 0.6) is 0 Å². The van der Waals surface area contributed by atoms with E-state index in [1.807, 2.05) is 0 Å². The predicted octanol–water partition coefficient (Wildman–Crippen LogP) is 2.65. The molecule has 1 aliphatic heterocycles. The molecule has 1 heterocycles. The van der Waals surface area contributed by atoms with Crippen LogP contribution in [-0.4, -0.2) is 49.8 Å². The van der Waals surface area contributed by atoms with Crippen LogP contribution in [0.3, 0.4) is 0 Å². The van der Waals surface area contributed by atoms with Crippen LogP contribution >= 0.6 is 0 Å². The second kappa shape index (κ2) is 7.61. The zero-order valence-electron chi connectivity index (χ0n) is 13.0. The van der Waals surface area contributed by atoms with Crippen molar-refractivity contribution in [3.8, 4) is 0 Å². The SMILES string of the molecule is CCCNC1CCOCC1N(C)C1CCCC(C)C1. The van der Waals surface area contributed by atoms with Gasteiger partial charge >= 0.3 is 0 Å². The summed E-state index contributed by atoms with van der Waals surface area (Å²) in [6.45, 7) is 7.61. The highest BCUT2D eigenvalue weighted by Crippen LogP contribution is 2.29. The molecule has 0 aromatic heterocycles. The maximum atomic E-state index is 5.75. The minimum Gasteiger partial charge on any atom is -0.380 e. The van der Waals surface area contributed by atoms with Gasteiger partial charge in [-0.05, 0) is 45.2 Å². The van der Waals surface area contributed by atoms with E-state index in [1.165, 1.54) is 32.1 Å². The van der Waals surface area contributed by atoms with Gasteiger partial charge < -0.3 is 10.1 Å². The molecular weight excluding hydrogens is 236 g/mol. The maximum absolute atomic E-state index is 5.75. The highest BCUT2D eigenvalue weighted by Gasteiger charge is 2.33. The summed E-state index contributed by atoms with van der Waals surface area (Å²) in [5.74, 6) is 0.896. The Labute approximate surface area is 119 Å². The van der Waals surface area contributed by atoms with Crippen LogP contribution in [0, 0.1) is 5.92 Å². The van der Waals surface area contributed by atoms with Gasteiger partial charge in [-0.15, -0.1) is 0 Å². The van der Waals surface area contributed by atoms with E-state index in [2.05, 4.69) is 31.1 Å². The number of rotatable bonds is 5. The van der Waals surface area contributed by atoms with Gasteiger partial charge in [0, 0.05) is 24.7 Å². The summed E-state index contributed by atoms with van der Waals surface area (Å²) in [5.41, 5.74) is 0. The van der Waals surface area contributed by atoms with E-state index in [0.717, 1.165) is 38.1 Å². The second-order valence-corrected chi connectivity index (χ2v) is 6.58. The summed E-state index contributed by atoms with van der Waals surface area (Å²) >= 11 is 0. The molecule has 19 heavy (non-hydrogen) atoms. The van der Waals surface area contributed by atoms with Crippen molar-refractivity contribution in [1.29, 1.82) is 0 Å². The average molecular weight is 268 g/mol. The number of nitrogens with one attached hydrogen (secondary N) is 1. The van der Waals surface area contributed by atoms with Crippen LogP contribution in [0.2, 0.25) is 0 Å². The smallest absolute Gasteiger partial charge is 0.0637 e. The Balaban J connectivity index is 1.92. The molecule has 3 nitrogen and oxygen atoms in total. The fourth-order valence-corrected chi connectivity index (χ4v) is 3.73. The molecule has 0 spiro atoms. The van der Waals surface area contributed by atoms with Gasteiger partial charge in [-0.2, -0.15) is 0 Å². The van der Waals surface area contributed by atoms with Crippen molar-refractivity contribution in [2.45, 2.75) is 70.5 Å². The van der Waals surface area contributed by atoms with Crippen molar-refractivity contribution in [3.63, 3.8) is 0 Å². The Morgan fingerprint density at radius 3 is 2.84 bits per heavy atom. The molecule has 0 radical (unpaired) electrons. The van der Waals surface area contributed by atoms with Crippen molar-refractivity contribution in [2.75, 3.05) is 26.8 Å². The van der Waals surface area contributed by atoms with E-state index >= 15 is 0 Å². The Morgan fingerprint density at radius 2 is 2.11 bits per heavy atom. The van der Waals surface area contributed by atoms with Gasteiger partial charge in [-0.1, -0.05) is 26.7 Å². The number of hydrogen-bond acceptors (Lipinski definition) is 3. The van der Waals surface area contributed by atoms with E-state index in [-0.39, 0.29) is 0 Å². The van der Waals surface area contributed by atoms with Gasteiger partial charge in [-0.25, -0.2) is 0 Å². The van der Waals surface area contributed by atoms with Crippen molar-refractivity contribution in [2.24, 2.45) is 5.92 Å². The lowest BCUT2D eigenvalue weighted by atomic mass is 9.85. The maximum Gasteiger partial charge on any atom is 0.0637 e. The predicted molar refractivity (Wildman–Crippen MR) is 80.5 cm³/mol. The molecule has 0 aromatic rings. The van der Waals surface area contributed by atoms with Crippen molar-refractivity contribution >= 4 is 0 Å². The standard InChI is InChI=1S/C16H32N2O/c1-4-9-17-15-8-10-19-12-16(15)18(3)14-7-5-6-13(2)11-14/h13-17H,4-12H2,1-3H3. The van der Waals surface area contributed by atoms with E-state index in [1.54, 1.807) is 0 Å². The summed E-state index contributed by atoms with van der Waals surface area (Å²) in [6.07, 6.45) is 7.94. The number of likely N-dealkylation sites (N-methyl/N-ethyl adjacent to an activating group) is 1. The van der Waals surface area contributed by atoms with E-state index in [0.29, 0.717) is 12.1 Å². The van der Waals surface area contributed by atoms with Crippen LogP contribution in [0.25, 0.3) is 0 Å². The molecule has 0 amide bonds. The van der Waals surface area contributed by atoms with Crippen molar-refractivity contribution in [3.05, 3.63) is 0 Å². The Bertz CT molecular complexity index is 259. The minimum atomic E-state index is 0.565. The van der Waals surface area contributed by atoms with Crippen LogP contribution in [0.15, 0.2) is 0 Å². The molecule has 1 N–H and O–H groups in total. The van der Waals surface area contributed by atoms with E-state index in [4.69, 9.17) is 4.74 Å². The van der Waals surface area contributed by atoms with Crippen LogP contribution in [-0.2, 0) is 4.74 Å². The second-order valence-electron chi connectivity index (χ2n) is 6.58. The van der Waals surface area contributed by atoms with Gasteiger partial charge in [0.2, 0.25) is 0 Å². The summed E-state index contributed by atoms with van der Waals surface area (Å²) < 4.78 is 5.75. The molecule has 2 fully saturated rings. The summed E-state index contributed by atoms with van der Waals surface area (Å²) in [5, 5.41) is 3.73. The molecule has 1 aliphatic carbocycles. The van der Waals surface area contributed by atoms with Crippen LogP contribution in [0.4, 0.5) is 0 Å². The summed E-state index contributed by atoms with van der Waals surface area (Å²) in [6, 6.07) is 1.95. The van der Waals surface area contributed by atoms with Gasteiger partial charge in [0.05, 0.1) is 6.61 Å². The van der Waals surface area contributed by atoms with E-state index < -0.39 is 0 Å². The lowest BCUT2D eigenvalue weighted by molar-refractivity contribution is -0.0171. The number of ether oxygens (including phenoxy) is 1. The molecule has 112 valence electrons. The Morgan fingerprint density at radius 1 is 1.26 bits per heavy atom. The third-order valence-corrected chi connectivity index (χ3v) is 4.99. The molecule has 0 aromatic carbocycles. The molecule has 1 saturated heterocycles. The van der Waals surface area contributed by atoms with Crippen molar-refractivity contribution < 1.29 is 4.74 Å². The Kier molecular flexibility index (Phi) is 6.11. The third kappa shape index (κ3) is 4.17. The molecule has 4 unspecified atom stereocenters. The topological polar surface area (TPSA) is 24.5 Å². The first-order valence-electron chi connectivity index (χ1n) is 8.25. The van der Waals surface area contributed by atoms with Gasteiger partial charge in [0.25, 0.3) is 0 Å². The first-order valence-corrected chi connectivity index (χ1v) is 8.25. The molecule has 1 saturated carbocycles. The fourth-order valence-electron chi connectivity index (χ4n) is 3.73. The average Bonchev–Trinajstić information content (AvgIpc) is 2.44. The zero-order chi connectivity index (χ0) is 13.7. The molecular formula is C16H32N2O. The quantitative estimate of drug-likeness (QED) is 0.829. The van der Waals surface area contributed by atoms with Gasteiger partial charge in [-0.3, -0.25) is 4.90 Å². The third-order valence-electron chi connectivity index (χ3n) is 4.99. The Hall–Kier alpha value is -0.120. The summed E-state index contributed by atoms with van der Waals surface area (Å²) in [7, 11) is 2.32. The minimum absolute atomic E-state index is 0.565. The normalized spacial score (nSPS) is 36.6. The monoisotopic (exact) mass is 268 g/mol. The highest BCUT2D eigenvalue weighted by molar-refractivity contribution is 4.90. The lowest BCUT2D eigenvalue weighted by Gasteiger charge is -2.44. The largest absolute Gasteiger partial charge is 0.380 e. The van der Waals surface area contributed by atoms with Gasteiger partial charge in [0.1, 0.15) is 0 Å².